The molecule has 10 rings (SSSR count). The number of furan rings is 1. The summed E-state index contributed by atoms with van der Waals surface area (Å²) in [6.07, 6.45) is 3.44. The molecular weight excluding hydrogens is 617 g/mol. The SMILES string of the molecule is CCCCc1c2ccccc2cc2c(-c3ccc4oc5cccc(-c6c7ccccc7c(-c7ccccc7)c7ccccc67)c5c4c3)cccc12. The summed E-state index contributed by atoms with van der Waals surface area (Å²) in [5.74, 6) is 0. The van der Waals surface area contributed by atoms with E-state index in [0.717, 1.165) is 28.4 Å². The minimum absolute atomic E-state index is 0.907. The highest BCUT2D eigenvalue weighted by Gasteiger charge is 2.21. The van der Waals surface area contributed by atoms with Crippen molar-refractivity contribution in [1.82, 2.24) is 0 Å². The topological polar surface area (TPSA) is 13.1 Å². The largest absolute Gasteiger partial charge is 0.456 e. The minimum Gasteiger partial charge on any atom is -0.456 e. The van der Waals surface area contributed by atoms with Crippen LogP contribution in [-0.2, 0) is 6.42 Å². The first-order valence-electron chi connectivity index (χ1n) is 18.2. The van der Waals surface area contributed by atoms with E-state index in [4.69, 9.17) is 4.42 Å². The molecule has 1 nitrogen and oxygen atoms in total. The van der Waals surface area contributed by atoms with Crippen LogP contribution in [0.3, 0.4) is 0 Å². The van der Waals surface area contributed by atoms with Gasteiger partial charge in [0.25, 0.3) is 0 Å². The van der Waals surface area contributed by atoms with E-state index in [1.807, 2.05) is 0 Å². The Morgan fingerprint density at radius 2 is 1.04 bits per heavy atom. The molecule has 0 amide bonds. The molecule has 0 saturated carbocycles. The molecule has 0 bridgehead atoms. The maximum absolute atomic E-state index is 6.63. The van der Waals surface area contributed by atoms with Crippen molar-refractivity contribution in [2.45, 2.75) is 26.2 Å². The van der Waals surface area contributed by atoms with Crippen LogP contribution >= 0.6 is 0 Å². The Hall–Kier alpha value is -6.18. The van der Waals surface area contributed by atoms with Gasteiger partial charge in [-0.15, -0.1) is 0 Å². The van der Waals surface area contributed by atoms with Gasteiger partial charge >= 0.3 is 0 Å². The first kappa shape index (κ1) is 29.7. The Balaban J connectivity index is 1.25. The predicted octanol–water partition coefficient (Wildman–Crippen LogP) is 14.5. The zero-order valence-corrected chi connectivity index (χ0v) is 28.6. The fourth-order valence-electron chi connectivity index (χ4n) is 8.59. The van der Waals surface area contributed by atoms with Crippen molar-refractivity contribution >= 4 is 65.0 Å². The monoisotopic (exact) mass is 652 g/mol. The summed E-state index contributed by atoms with van der Waals surface area (Å²) in [5, 5.41) is 12.6. The summed E-state index contributed by atoms with van der Waals surface area (Å²) in [4.78, 5) is 0. The summed E-state index contributed by atoms with van der Waals surface area (Å²) in [6, 6.07) is 60.0. The third kappa shape index (κ3) is 4.69. The fourth-order valence-corrected chi connectivity index (χ4v) is 8.59. The summed E-state index contributed by atoms with van der Waals surface area (Å²) in [5.41, 5.74) is 10.7. The molecule has 51 heavy (non-hydrogen) atoms. The lowest BCUT2D eigenvalue weighted by atomic mass is 9.85. The lowest BCUT2D eigenvalue weighted by Gasteiger charge is -2.18. The Labute approximate surface area is 297 Å². The van der Waals surface area contributed by atoms with Crippen LogP contribution in [0.25, 0.3) is 98.4 Å². The number of benzene rings is 9. The number of rotatable bonds is 6. The number of hydrogen-bond donors (Lipinski definition) is 0. The quantitative estimate of drug-likeness (QED) is 0.163. The third-order valence-corrected chi connectivity index (χ3v) is 10.9. The summed E-state index contributed by atoms with van der Waals surface area (Å²) < 4.78 is 6.63. The van der Waals surface area contributed by atoms with Crippen LogP contribution in [0.1, 0.15) is 25.3 Å². The van der Waals surface area contributed by atoms with Crippen molar-refractivity contribution in [3.05, 3.63) is 169 Å². The van der Waals surface area contributed by atoms with E-state index in [-0.39, 0.29) is 0 Å². The number of unbranched alkanes of at least 4 members (excludes halogenated alkanes) is 1. The van der Waals surface area contributed by atoms with Gasteiger partial charge in [0, 0.05) is 10.8 Å². The third-order valence-electron chi connectivity index (χ3n) is 10.9. The smallest absolute Gasteiger partial charge is 0.136 e. The Kier molecular flexibility index (Phi) is 6.99. The average Bonchev–Trinajstić information content (AvgIpc) is 3.57. The lowest BCUT2D eigenvalue weighted by molar-refractivity contribution is 0.669. The Morgan fingerprint density at radius 1 is 0.412 bits per heavy atom. The van der Waals surface area contributed by atoms with E-state index in [1.165, 1.54) is 94.9 Å². The highest BCUT2D eigenvalue weighted by Crippen LogP contribution is 2.47. The van der Waals surface area contributed by atoms with Crippen LogP contribution in [0.2, 0.25) is 0 Å². The second-order valence-corrected chi connectivity index (χ2v) is 13.8. The van der Waals surface area contributed by atoms with Crippen LogP contribution in [0.5, 0.6) is 0 Å². The molecule has 9 aromatic carbocycles. The normalized spacial score (nSPS) is 11.9. The van der Waals surface area contributed by atoms with Crippen LogP contribution < -0.4 is 0 Å². The fraction of sp³-hybridized carbons (Fsp3) is 0.0800. The zero-order valence-electron chi connectivity index (χ0n) is 28.6. The highest BCUT2D eigenvalue weighted by atomic mass is 16.3. The second kappa shape index (κ2) is 12.0. The molecule has 0 spiro atoms. The van der Waals surface area contributed by atoms with E-state index < -0.39 is 0 Å². The van der Waals surface area contributed by atoms with Crippen LogP contribution in [-0.4, -0.2) is 0 Å². The van der Waals surface area contributed by atoms with Crippen LogP contribution in [0, 0.1) is 0 Å². The Bertz CT molecular complexity index is 2890. The van der Waals surface area contributed by atoms with Gasteiger partial charge in [-0.25, -0.2) is 0 Å². The lowest BCUT2D eigenvalue weighted by Crippen LogP contribution is -1.92. The molecule has 0 aliphatic carbocycles. The molecule has 0 radical (unpaired) electrons. The molecule has 0 aliphatic heterocycles. The van der Waals surface area contributed by atoms with E-state index in [2.05, 4.69) is 171 Å². The minimum atomic E-state index is 0.907. The van der Waals surface area contributed by atoms with E-state index >= 15 is 0 Å². The van der Waals surface area contributed by atoms with Gasteiger partial charge in [0.05, 0.1) is 0 Å². The van der Waals surface area contributed by atoms with Gasteiger partial charge in [-0.2, -0.15) is 0 Å². The second-order valence-electron chi connectivity index (χ2n) is 13.8. The van der Waals surface area contributed by atoms with Crippen LogP contribution in [0.15, 0.2) is 168 Å². The predicted molar refractivity (Wildman–Crippen MR) is 219 cm³/mol. The van der Waals surface area contributed by atoms with E-state index in [9.17, 15) is 0 Å². The van der Waals surface area contributed by atoms with E-state index in [1.54, 1.807) is 0 Å². The van der Waals surface area contributed by atoms with Gasteiger partial charge in [-0.1, -0.05) is 153 Å². The van der Waals surface area contributed by atoms with Crippen molar-refractivity contribution in [3.8, 4) is 33.4 Å². The highest BCUT2D eigenvalue weighted by molar-refractivity contribution is 6.26. The number of fused-ring (bicyclic) bond motifs is 7. The van der Waals surface area contributed by atoms with Gasteiger partial charge in [0.15, 0.2) is 0 Å². The number of hydrogen-bond acceptors (Lipinski definition) is 1. The summed E-state index contributed by atoms with van der Waals surface area (Å²) in [6.45, 7) is 2.28. The van der Waals surface area contributed by atoms with Crippen molar-refractivity contribution in [2.24, 2.45) is 0 Å². The molecule has 242 valence electrons. The van der Waals surface area contributed by atoms with Gasteiger partial charge in [0.2, 0.25) is 0 Å². The van der Waals surface area contributed by atoms with E-state index in [0.29, 0.717) is 0 Å². The maximum atomic E-state index is 6.63. The van der Waals surface area contributed by atoms with Gasteiger partial charge in [-0.3, -0.25) is 0 Å². The molecule has 10 aromatic rings. The standard InChI is InChI=1S/C50H36O/c1-2-3-18-37-35-19-8-7-17-33(35)30-44-36(24-13-25-38(37)44)34-28-29-46-45(31-34)50-43(26-14-27-47(50)51-46)49-41-22-11-9-20-39(41)48(32-15-5-4-6-16-32)40-21-10-12-23-42(40)49/h4-17,19-31H,2-3,18H2,1H3. The molecule has 0 aliphatic rings. The van der Waals surface area contributed by atoms with Crippen molar-refractivity contribution in [2.75, 3.05) is 0 Å². The Morgan fingerprint density at radius 3 is 1.78 bits per heavy atom. The average molecular weight is 653 g/mol. The molecule has 1 aromatic heterocycles. The molecule has 0 fully saturated rings. The molecule has 1 heterocycles. The number of aryl methyl sites for hydroxylation is 1. The molecule has 1 heteroatoms. The summed E-state index contributed by atoms with van der Waals surface area (Å²) in [7, 11) is 0. The summed E-state index contributed by atoms with van der Waals surface area (Å²) >= 11 is 0. The van der Waals surface area contributed by atoms with Gasteiger partial charge < -0.3 is 4.42 Å². The first-order valence-corrected chi connectivity index (χ1v) is 18.2. The zero-order chi connectivity index (χ0) is 33.9. The molecular formula is C50H36O. The van der Waals surface area contributed by atoms with Crippen molar-refractivity contribution in [3.63, 3.8) is 0 Å². The van der Waals surface area contributed by atoms with Gasteiger partial charge in [0.1, 0.15) is 11.2 Å². The first-order chi connectivity index (χ1) is 25.3. The molecule has 0 saturated heterocycles. The molecule has 0 atom stereocenters. The van der Waals surface area contributed by atoms with Crippen molar-refractivity contribution in [1.29, 1.82) is 0 Å². The van der Waals surface area contributed by atoms with Crippen molar-refractivity contribution < 1.29 is 4.42 Å². The van der Waals surface area contributed by atoms with Gasteiger partial charge in [-0.05, 0) is 119 Å². The molecule has 0 N–H and O–H groups in total. The molecule has 0 unspecified atom stereocenters. The maximum Gasteiger partial charge on any atom is 0.136 e. The van der Waals surface area contributed by atoms with Crippen LogP contribution in [0.4, 0.5) is 0 Å².